The van der Waals surface area contributed by atoms with E-state index in [1.807, 2.05) is 41.9 Å². The number of hydrogen-bond donors (Lipinski definition) is 0. The fourth-order valence-corrected chi connectivity index (χ4v) is 1.97. The molecule has 0 aliphatic carbocycles. The molecule has 0 aliphatic heterocycles. The van der Waals surface area contributed by atoms with Crippen molar-refractivity contribution in [3.63, 3.8) is 0 Å². The van der Waals surface area contributed by atoms with Crippen LogP contribution in [0.4, 0.5) is 0 Å². The predicted octanol–water partition coefficient (Wildman–Crippen LogP) is 2.29. The van der Waals surface area contributed by atoms with Gasteiger partial charge < -0.3 is 9.30 Å². The van der Waals surface area contributed by atoms with E-state index in [1.165, 1.54) is 0 Å². The van der Waals surface area contributed by atoms with Crippen LogP contribution in [-0.2, 0) is 17.7 Å². The van der Waals surface area contributed by atoms with Crippen molar-refractivity contribution >= 4 is 11.6 Å². The first-order chi connectivity index (χ1) is 8.27. The summed E-state index contributed by atoms with van der Waals surface area (Å²) in [5.41, 5.74) is 1.05. The number of rotatable bonds is 4. The molecule has 0 aliphatic rings. The molecule has 2 rings (SSSR count). The van der Waals surface area contributed by atoms with Crippen LogP contribution in [0, 0.1) is 0 Å². The highest BCUT2D eigenvalue weighted by atomic mass is 35.5. The lowest BCUT2D eigenvalue weighted by molar-refractivity contribution is 0.126. The smallest absolute Gasteiger partial charge is 0.166 e. The van der Waals surface area contributed by atoms with Crippen molar-refractivity contribution in [2.45, 2.75) is 12.0 Å². The molecule has 17 heavy (non-hydrogen) atoms. The van der Waals surface area contributed by atoms with Gasteiger partial charge >= 0.3 is 0 Å². The number of alkyl halides is 1. The van der Waals surface area contributed by atoms with E-state index >= 15 is 0 Å². The highest BCUT2D eigenvalue weighted by Crippen LogP contribution is 2.23. The molecule has 1 aromatic heterocycles. The zero-order valence-electron chi connectivity index (χ0n) is 9.80. The Morgan fingerprint density at radius 1 is 1.29 bits per heavy atom. The second kappa shape index (κ2) is 5.29. The minimum absolute atomic E-state index is 0.217. The highest BCUT2D eigenvalue weighted by molar-refractivity contribution is 6.16. The monoisotopic (exact) mass is 251 g/mol. The molecule has 2 aromatic rings. The first kappa shape index (κ1) is 12.1. The molecular formula is C12H14ClN3O. The van der Waals surface area contributed by atoms with Crippen molar-refractivity contribution in [2.75, 3.05) is 7.11 Å². The van der Waals surface area contributed by atoms with Crippen LogP contribution < -0.4 is 0 Å². The molecule has 0 saturated carbocycles. The fraction of sp³-hybridized carbons (Fsp3) is 0.333. The Hall–Kier alpha value is -1.39. The van der Waals surface area contributed by atoms with Gasteiger partial charge in [0.1, 0.15) is 11.9 Å². The summed E-state index contributed by atoms with van der Waals surface area (Å²) in [6, 6.07) is 9.92. The minimum Gasteiger partial charge on any atom is -0.369 e. The molecule has 5 heteroatoms. The van der Waals surface area contributed by atoms with Gasteiger partial charge in [-0.1, -0.05) is 30.3 Å². The van der Waals surface area contributed by atoms with Gasteiger partial charge in [0.05, 0.1) is 5.88 Å². The number of aromatic nitrogens is 3. The molecule has 4 nitrogen and oxygen atoms in total. The van der Waals surface area contributed by atoms with Crippen LogP contribution in [0.1, 0.15) is 23.3 Å². The molecule has 0 bridgehead atoms. The third kappa shape index (κ3) is 2.33. The summed E-state index contributed by atoms with van der Waals surface area (Å²) in [6.45, 7) is 0. The van der Waals surface area contributed by atoms with Crippen LogP contribution in [0.5, 0.6) is 0 Å². The summed E-state index contributed by atoms with van der Waals surface area (Å²) < 4.78 is 7.36. The van der Waals surface area contributed by atoms with Gasteiger partial charge in [-0.2, -0.15) is 0 Å². The van der Waals surface area contributed by atoms with Crippen molar-refractivity contribution in [1.29, 1.82) is 0 Å². The molecule has 0 radical (unpaired) electrons. The second-order valence-corrected chi connectivity index (χ2v) is 3.96. The first-order valence-corrected chi connectivity index (χ1v) is 5.83. The molecule has 1 heterocycles. The quantitative estimate of drug-likeness (QED) is 0.783. The van der Waals surface area contributed by atoms with Gasteiger partial charge in [-0.25, -0.2) is 0 Å². The van der Waals surface area contributed by atoms with Gasteiger partial charge in [0.15, 0.2) is 5.82 Å². The molecule has 90 valence electrons. The van der Waals surface area contributed by atoms with Crippen LogP contribution in [0.2, 0.25) is 0 Å². The molecule has 0 N–H and O–H groups in total. The van der Waals surface area contributed by atoms with Crippen molar-refractivity contribution in [3.05, 3.63) is 47.5 Å². The Kier molecular flexibility index (Phi) is 3.76. The molecule has 1 aromatic carbocycles. The van der Waals surface area contributed by atoms with Crippen molar-refractivity contribution in [2.24, 2.45) is 7.05 Å². The molecule has 0 saturated heterocycles. The summed E-state index contributed by atoms with van der Waals surface area (Å²) in [5.74, 6) is 1.84. The lowest BCUT2D eigenvalue weighted by atomic mass is 10.1. The van der Waals surface area contributed by atoms with Gasteiger partial charge in [0.2, 0.25) is 0 Å². The minimum atomic E-state index is -0.217. The summed E-state index contributed by atoms with van der Waals surface area (Å²) >= 11 is 5.78. The number of nitrogens with zero attached hydrogens (tertiary/aromatic N) is 3. The van der Waals surface area contributed by atoms with Gasteiger partial charge in [0.25, 0.3) is 0 Å². The third-order valence-electron chi connectivity index (χ3n) is 2.69. The Morgan fingerprint density at radius 2 is 2.00 bits per heavy atom. The van der Waals surface area contributed by atoms with Crippen LogP contribution in [-0.4, -0.2) is 21.9 Å². The molecule has 0 fully saturated rings. The molecule has 0 spiro atoms. The maximum atomic E-state index is 5.78. The van der Waals surface area contributed by atoms with Crippen LogP contribution >= 0.6 is 11.6 Å². The van der Waals surface area contributed by atoms with E-state index in [2.05, 4.69) is 10.2 Å². The van der Waals surface area contributed by atoms with Crippen molar-refractivity contribution < 1.29 is 4.74 Å². The van der Waals surface area contributed by atoms with Gasteiger partial charge in [-0.15, -0.1) is 21.8 Å². The van der Waals surface area contributed by atoms with Gasteiger partial charge in [0, 0.05) is 14.2 Å². The summed E-state index contributed by atoms with van der Waals surface area (Å²) in [7, 11) is 3.55. The zero-order valence-corrected chi connectivity index (χ0v) is 10.6. The summed E-state index contributed by atoms with van der Waals surface area (Å²) in [6.07, 6.45) is -0.217. The molecule has 1 atom stereocenters. The third-order valence-corrected chi connectivity index (χ3v) is 2.93. The Labute approximate surface area is 105 Å². The van der Waals surface area contributed by atoms with E-state index < -0.39 is 0 Å². The van der Waals surface area contributed by atoms with Gasteiger partial charge in [-0.3, -0.25) is 0 Å². The topological polar surface area (TPSA) is 39.9 Å². The Balaban J connectivity index is 2.39. The lowest BCUT2D eigenvalue weighted by Crippen LogP contribution is -2.10. The maximum absolute atomic E-state index is 5.78. The van der Waals surface area contributed by atoms with E-state index in [-0.39, 0.29) is 6.10 Å². The van der Waals surface area contributed by atoms with E-state index in [0.29, 0.717) is 5.88 Å². The van der Waals surface area contributed by atoms with Crippen LogP contribution in [0.25, 0.3) is 0 Å². The average molecular weight is 252 g/mol. The Bertz CT molecular complexity index is 484. The van der Waals surface area contributed by atoms with Crippen LogP contribution in [0.3, 0.4) is 0 Å². The first-order valence-electron chi connectivity index (χ1n) is 5.29. The van der Waals surface area contributed by atoms with E-state index in [4.69, 9.17) is 16.3 Å². The van der Waals surface area contributed by atoms with Gasteiger partial charge in [-0.05, 0) is 5.56 Å². The number of ether oxygens (including phenoxy) is 1. The normalized spacial score (nSPS) is 12.6. The SMILES string of the molecule is COC(c1ccccc1)c1nnc(CCl)n1C. The highest BCUT2D eigenvalue weighted by Gasteiger charge is 2.20. The summed E-state index contributed by atoms with van der Waals surface area (Å²) in [4.78, 5) is 0. The maximum Gasteiger partial charge on any atom is 0.166 e. The van der Waals surface area contributed by atoms with Crippen molar-refractivity contribution in [3.8, 4) is 0 Å². The molecular weight excluding hydrogens is 238 g/mol. The zero-order chi connectivity index (χ0) is 12.3. The van der Waals surface area contributed by atoms with Crippen molar-refractivity contribution in [1.82, 2.24) is 14.8 Å². The largest absolute Gasteiger partial charge is 0.369 e. The predicted molar refractivity (Wildman–Crippen MR) is 65.9 cm³/mol. The molecule has 0 amide bonds. The average Bonchev–Trinajstić information content (AvgIpc) is 2.73. The number of benzene rings is 1. The van der Waals surface area contributed by atoms with E-state index in [0.717, 1.165) is 17.2 Å². The second-order valence-electron chi connectivity index (χ2n) is 3.69. The fourth-order valence-electron chi connectivity index (χ4n) is 1.74. The number of halogens is 1. The van der Waals surface area contributed by atoms with E-state index in [9.17, 15) is 0 Å². The summed E-state index contributed by atoms with van der Waals surface area (Å²) in [5, 5.41) is 8.17. The Morgan fingerprint density at radius 3 is 2.53 bits per heavy atom. The number of methoxy groups -OCH3 is 1. The van der Waals surface area contributed by atoms with E-state index in [1.54, 1.807) is 7.11 Å². The lowest BCUT2D eigenvalue weighted by Gasteiger charge is -2.14. The molecule has 1 unspecified atom stereocenters. The number of hydrogen-bond acceptors (Lipinski definition) is 3. The standard InChI is InChI=1S/C12H14ClN3O/c1-16-10(8-13)14-15-12(16)11(17-2)9-6-4-3-5-7-9/h3-7,11H,8H2,1-2H3. The van der Waals surface area contributed by atoms with Crippen LogP contribution in [0.15, 0.2) is 30.3 Å².